The number of benzene rings is 1. The topological polar surface area (TPSA) is 79.0 Å². The van der Waals surface area contributed by atoms with Crippen LogP contribution in [0.3, 0.4) is 0 Å². The van der Waals surface area contributed by atoms with Crippen molar-refractivity contribution in [2.75, 3.05) is 52.2 Å². The van der Waals surface area contributed by atoms with E-state index in [1.807, 2.05) is 31.2 Å². The average Bonchev–Trinajstić information content (AvgIpc) is 2.59. The number of amides is 1. The minimum Gasteiger partial charge on any atom is -0.379 e. The van der Waals surface area contributed by atoms with Crippen molar-refractivity contribution in [3.8, 4) is 0 Å². The van der Waals surface area contributed by atoms with Crippen molar-refractivity contribution in [1.82, 2.24) is 14.5 Å². The van der Waals surface area contributed by atoms with Gasteiger partial charge < -0.3 is 10.1 Å². The monoisotopic (exact) mass is 383 g/mol. The predicted octanol–water partition coefficient (Wildman–Crippen LogP) is 0.595. The number of rotatable bonds is 9. The standard InChI is InChI=1S/C18H29N3O4S/c1-16-4-3-5-17(14-16)15-19-18(22)6-7-21(26(2,23)24)9-8-20-10-12-25-13-11-20/h3-5,14H,6-13,15H2,1-2H3,(H,19,22). The SMILES string of the molecule is Cc1cccc(CNC(=O)CCN(CCN2CCOCC2)S(C)(=O)=O)c1. The number of carbonyl (C=O) groups is 1. The zero-order valence-electron chi connectivity index (χ0n) is 15.6. The molecule has 2 rings (SSSR count). The number of hydrogen-bond donors (Lipinski definition) is 1. The van der Waals surface area contributed by atoms with Gasteiger partial charge in [0.25, 0.3) is 0 Å². The predicted molar refractivity (Wildman–Crippen MR) is 101 cm³/mol. The third kappa shape index (κ3) is 7.41. The van der Waals surface area contributed by atoms with E-state index in [2.05, 4.69) is 10.2 Å². The maximum atomic E-state index is 12.1. The summed E-state index contributed by atoms with van der Waals surface area (Å²) in [5.74, 6) is -0.147. The molecule has 1 N–H and O–H groups in total. The van der Waals surface area contributed by atoms with Gasteiger partial charge in [-0.2, -0.15) is 0 Å². The van der Waals surface area contributed by atoms with E-state index in [1.54, 1.807) is 0 Å². The lowest BCUT2D eigenvalue weighted by Crippen LogP contribution is -2.43. The van der Waals surface area contributed by atoms with Gasteiger partial charge in [0.2, 0.25) is 15.9 Å². The van der Waals surface area contributed by atoms with Gasteiger partial charge >= 0.3 is 0 Å². The molecule has 0 unspecified atom stereocenters. The fraction of sp³-hybridized carbons (Fsp3) is 0.611. The van der Waals surface area contributed by atoms with Crippen molar-refractivity contribution in [2.45, 2.75) is 19.9 Å². The van der Waals surface area contributed by atoms with Gasteiger partial charge in [0.1, 0.15) is 0 Å². The Hall–Kier alpha value is -1.48. The number of nitrogens with one attached hydrogen (secondary N) is 1. The molecule has 1 aliphatic rings. The molecule has 0 spiro atoms. The summed E-state index contributed by atoms with van der Waals surface area (Å²) in [5, 5.41) is 2.85. The van der Waals surface area contributed by atoms with Gasteiger partial charge in [0.05, 0.1) is 19.5 Å². The highest BCUT2D eigenvalue weighted by Gasteiger charge is 2.19. The van der Waals surface area contributed by atoms with Gasteiger partial charge in [0, 0.05) is 45.7 Å². The highest BCUT2D eigenvalue weighted by atomic mass is 32.2. The normalized spacial score (nSPS) is 16.0. The first-order valence-electron chi connectivity index (χ1n) is 8.92. The zero-order valence-corrected chi connectivity index (χ0v) is 16.4. The molecule has 146 valence electrons. The van der Waals surface area contributed by atoms with E-state index in [9.17, 15) is 13.2 Å². The van der Waals surface area contributed by atoms with Gasteiger partial charge in [-0.25, -0.2) is 12.7 Å². The van der Waals surface area contributed by atoms with E-state index < -0.39 is 10.0 Å². The summed E-state index contributed by atoms with van der Waals surface area (Å²) >= 11 is 0. The van der Waals surface area contributed by atoms with E-state index in [0.29, 0.717) is 32.8 Å². The molecular formula is C18H29N3O4S. The van der Waals surface area contributed by atoms with Crippen LogP contribution in [0.2, 0.25) is 0 Å². The number of sulfonamides is 1. The van der Waals surface area contributed by atoms with Crippen molar-refractivity contribution in [3.05, 3.63) is 35.4 Å². The molecule has 1 aromatic carbocycles. The van der Waals surface area contributed by atoms with Crippen LogP contribution in [-0.4, -0.2) is 75.7 Å². The van der Waals surface area contributed by atoms with E-state index in [1.165, 1.54) is 10.6 Å². The lowest BCUT2D eigenvalue weighted by atomic mass is 10.1. The molecule has 0 radical (unpaired) electrons. The molecular weight excluding hydrogens is 354 g/mol. The second-order valence-corrected chi connectivity index (χ2v) is 8.61. The van der Waals surface area contributed by atoms with Crippen molar-refractivity contribution in [2.24, 2.45) is 0 Å². The van der Waals surface area contributed by atoms with Crippen LogP contribution in [0, 0.1) is 6.92 Å². The number of nitrogens with zero attached hydrogens (tertiary/aromatic N) is 2. The molecule has 0 aromatic heterocycles. The van der Waals surface area contributed by atoms with E-state index in [4.69, 9.17) is 4.74 Å². The smallest absolute Gasteiger partial charge is 0.221 e. The Morgan fingerprint density at radius 3 is 2.65 bits per heavy atom. The molecule has 8 heteroatoms. The van der Waals surface area contributed by atoms with E-state index in [0.717, 1.165) is 24.2 Å². The number of carbonyl (C=O) groups excluding carboxylic acids is 1. The molecule has 0 atom stereocenters. The van der Waals surface area contributed by atoms with Crippen molar-refractivity contribution in [3.63, 3.8) is 0 Å². The molecule has 1 heterocycles. The Balaban J connectivity index is 1.77. The Bertz CT molecular complexity index is 687. The Morgan fingerprint density at radius 1 is 1.27 bits per heavy atom. The summed E-state index contributed by atoms with van der Waals surface area (Å²) < 4.78 is 30.6. The van der Waals surface area contributed by atoms with E-state index >= 15 is 0 Å². The van der Waals surface area contributed by atoms with Crippen LogP contribution in [-0.2, 0) is 26.1 Å². The van der Waals surface area contributed by atoms with Crippen molar-refractivity contribution in [1.29, 1.82) is 0 Å². The van der Waals surface area contributed by atoms with Crippen molar-refractivity contribution < 1.29 is 17.9 Å². The molecule has 0 saturated carbocycles. The zero-order chi connectivity index (χ0) is 19.0. The Kier molecular flexibility index (Phi) is 8.02. The van der Waals surface area contributed by atoms with Gasteiger partial charge in [-0.05, 0) is 12.5 Å². The number of ether oxygens (including phenoxy) is 1. The van der Waals surface area contributed by atoms with Crippen LogP contribution < -0.4 is 5.32 Å². The first kappa shape index (κ1) is 20.8. The Morgan fingerprint density at radius 2 is 2.00 bits per heavy atom. The maximum Gasteiger partial charge on any atom is 0.221 e. The fourth-order valence-electron chi connectivity index (χ4n) is 2.86. The maximum absolute atomic E-state index is 12.1. The molecule has 26 heavy (non-hydrogen) atoms. The molecule has 1 amide bonds. The quantitative estimate of drug-likeness (QED) is 0.675. The van der Waals surface area contributed by atoms with Crippen LogP contribution in [0.25, 0.3) is 0 Å². The summed E-state index contributed by atoms with van der Waals surface area (Å²) in [6, 6.07) is 7.93. The molecule has 0 aliphatic carbocycles. The molecule has 1 saturated heterocycles. The summed E-state index contributed by atoms with van der Waals surface area (Å²) in [6.45, 7) is 6.69. The molecule has 7 nitrogen and oxygen atoms in total. The van der Waals surface area contributed by atoms with Crippen LogP contribution >= 0.6 is 0 Å². The Labute approximate surface area is 156 Å². The number of aryl methyl sites for hydroxylation is 1. The second kappa shape index (κ2) is 10.0. The van der Waals surface area contributed by atoms with Crippen LogP contribution in [0.5, 0.6) is 0 Å². The first-order valence-corrected chi connectivity index (χ1v) is 10.8. The fourth-order valence-corrected chi connectivity index (χ4v) is 3.69. The van der Waals surface area contributed by atoms with Gasteiger partial charge in [-0.15, -0.1) is 0 Å². The van der Waals surface area contributed by atoms with Crippen molar-refractivity contribution >= 4 is 15.9 Å². The molecule has 1 aromatic rings. The highest BCUT2D eigenvalue weighted by molar-refractivity contribution is 7.88. The third-order valence-corrected chi connectivity index (χ3v) is 5.70. The number of hydrogen-bond acceptors (Lipinski definition) is 5. The summed E-state index contributed by atoms with van der Waals surface area (Å²) in [7, 11) is -3.34. The lowest BCUT2D eigenvalue weighted by Gasteiger charge is -2.29. The first-order chi connectivity index (χ1) is 12.3. The second-order valence-electron chi connectivity index (χ2n) is 6.63. The van der Waals surface area contributed by atoms with Crippen LogP contribution in [0.15, 0.2) is 24.3 Å². The highest BCUT2D eigenvalue weighted by Crippen LogP contribution is 2.05. The average molecular weight is 384 g/mol. The van der Waals surface area contributed by atoms with Gasteiger partial charge in [0.15, 0.2) is 0 Å². The molecule has 1 aliphatic heterocycles. The molecule has 1 fully saturated rings. The minimum atomic E-state index is -3.34. The third-order valence-electron chi connectivity index (χ3n) is 4.40. The summed E-state index contributed by atoms with van der Waals surface area (Å²) in [4.78, 5) is 14.3. The largest absolute Gasteiger partial charge is 0.379 e. The minimum absolute atomic E-state index is 0.147. The summed E-state index contributed by atoms with van der Waals surface area (Å²) in [5.41, 5.74) is 2.17. The van der Waals surface area contributed by atoms with E-state index in [-0.39, 0.29) is 18.9 Å². The van der Waals surface area contributed by atoms with Gasteiger partial charge in [-0.1, -0.05) is 29.8 Å². The summed E-state index contributed by atoms with van der Waals surface area (Å²) in [6.07, 6.45) is 1.35. The van der Waals surface area contributed by atoms with Crippen LogP contribution in [0.1, 0.15) is 17.5 Å². The van der Waals surface area contributed by atoms with Crippen LogP contribution in [0.4, 0.5) is 0 Å². The number of morpholine rings is 1. The molecule has 0 bridgehead atoms. The lowest BCUT2D eigenvalue weighted by molar-refractivity contribution is -0.121. The van der Waals surface area contributed by atoms with Gasteiger partial charge in [-0.3, -0.25) is 9.69 Å².